The lowest BCUT2D eigenvalue weighted by atomic mass is 9.98. The Morgan fingerprint density at radius 1 is 0.730 bits per heavy atom. The summed E-state index contributed by atoms with van der Waals surface area (Å²) in [4.78, 5) is 34.9. The number of carbonyl (C=O) groups is 2. The lowest BCUT2D eigenvalue weighted by Gasteiger charge is -2.35. The predicted octanol–water partition coefficient (Wildman–Crippen LogP) is 4.52. The normalized spacial score (nSPS) is 24.0. The van der Waals surface area contributed by atoms with E-state index in [-0.39, 0.29) is 18.1 Å². The van der Waals surface area contributed by atoms with Crippen molar-refractivity contribution in [2.45, 2.75) is 128 Å². The summed E-state index contributed by atoms with van der Waals surface area (Å²) in [7, 11) is 4.27. The number of hydrogen-bond acceptors (Lipinski definition) is 5. The van der Waals surface area contributed by atoms with Gasteiger partial charge in [0.25, 0.3) is 0 Å². The Bertz CT molecular complexity index is 646. The van der Waals surface area contributed by atoms with Crippen molar-refractivity contribution in [3.05, 3.63) is 0 Å². The first-order valence-electron chi connectivity index (χ1n) is 15.5. The first-order chi connectivity index (χ1) is 17.8. The molecule has 37 heavy (non-hydrogen) atoms. The van der Waals surface area contributed by atoms with E-state index in [0.717, 1.165) is 97.1 Å². The van der Waals surface area contributed by atoms with Crippen molar-refractivity contribution in [1.29, 1.82) is 0 Å². The summed E-state index contributed by atoms with van der Waals surface area (Å²) in [6.45, 7) is 9.68. The summed E-state index contributed by atoms with van der Waals surface area (Å²) in [5.74, 6) is 0.524. The van der Waals surface area contributed by atoms with Gasteiger partial charge in [0.15, 0.2) is 0 Å². The molecule has 0 bridgehead atoms. The average molecular weight is 523 g/mol. The Morgan fingerprint density at radius 3 is 1.81 bits per heavy atom. The molecule has 2 aliphatic heterocycles. The molecule has 0 aromatic carbocycles. The van der Waals surface area contributed by atoms with Crippen molar-refractivity contribution in [2.75, 3.05) is 53.4 Å². The Labute approximate surface area is 227 Å². The zero-order valence-electron chi connectivity index (χ0n) is 24.6. The van der Waals surface area contributed by atoms with Crippen LogP contribution in [0, 0.1) is 0 Å². The van der Waals surface area contributed by atoms with Crippen LogP contribution in [-0.2, 0) is 9.59 Å². The highest BCUT2D eigenvalue weighted by atomic mass is 16.3. The average Bonchev–Trinajstić information content (AvgIpc) is 2.86. The summed E-state index contributed by atoms with van der Waals surface area (Å²) < 4.78 is 0. The summed E-state index contributed by atoms with van der Waals surface area (Å²) in [5.41, 5.74) is 0. The lowest BCUT2D eigenvalue weighted by Crippen LogP contribution is -2.46. The second-order valence-corrected chi connectivity index (χ2v) is 11.7. The minimum atomic E-state index is -0.318. The van der Waals surface area contributed by atoms with E-state index in [0.29, 0.717) is 31.2 Å². The molecule has 1 N–H and O–H groups in total. The van der Waals surface area contributed by atoms with Crippen molar-refractivity contribution in [2.24, 2.45) is 0 Å². The monoisotopic (exact) mass is 522 g/mol. The molecular weight excluding hydrogens is 464 g/mol. The van der Waals surface area contributed by atoms with Crippen molar-refractivity contribution in [1.82, 2.24) is 19.6 Å². The van der Waals surface area contributed by atoms with Gasteiger partial charge >= 0.3 is 0 Å². The van der Waals surface area contributed by atoms with Gasteiger partial charge in [-0.05, 0) is 72.1 Å². The smallest absolute Gasteiger partial charge is 0.224 e. The van der Waals surface area contributed by atoms with Crippen molar-refractivity contribution < 1.29 is 14.7 Å². The molecule has 2 rings (SSSR count). The molecule has 3 atom stereocenters. The Morgan fingerprint density at radius 2 is 1.24 bits per heavy atom. The largest absolute Gasteiger partial charge is 0.393 e. The Balaban J connectivity index is 1.77. The quantitative estimate of drug-likeness (QED) is 0.320. The summed E-state index contributed by atoms with van der Waals surface area (Å²) >= 11 is 0. The highest BCUT2D eigenvalue weighted by Gasteiger charge is 2.27. The van der Waals surface area contributed by atoms with Crippen LogP contribution in [0.5, 0.6) is 0 Å². The van der Waals surface area contributed by atoms with E-state index >= 15 is 0 Å². The summed E-state index contributed by atoms with van der Waals surface area (Å²) in [6.07, 6.45) is 14.4. The maximum absolute atomic E-state index is 13.1. The molecule has 216 valence electrons. The molecule has 7 nitrogen and oxygen atoms in total. The van der Waals surface area contributed by atoms with Gasteiger partial charge in [0.1, 0.15) is 0 Å². The predicted molar refractivity (Wildman–Crippen MR) is 153 cm³/mol. The molecule has 0 radical (unpaired) electrons. The van der Waals surface area contributed by atoms with E-state index in [2.05, 4.69) is 42.6 Å². The molecule has 2 amide bonds. The molecule has 2 heterocycles. The van der Waals surface area contributed by atoms with Crippen LogP contribution in [0.1, 0.15) is 110 Å². The molecule has 0 unspecified atom stereocenters. The topological polar surface area (TPSA) is 67.3 Å². The van der Waals surface area contributed by atoms with Crippen molar-refractivity contribution in [3.63, 3.8) is 0 Å². The highest BCUT2D eigenvalue weighted by Crippen LogP contribution is 2.20. The summed E-state index contributed by atoms with van der Waals surface area (Å²) in [5, 5.41) is 10.5. The number of aliphatic hydroxyl groups excluding tert-OH is 1. The van der Waals surface area contributed by atoms with Crippen LogP contribution < -0.4 is 0 Å². The van der Waals surface area contributed by atoms with Gasteiger partial charge in [0, 0.05) is 51.1 Å². The zero-order valence-corrected chi connectivity index (χ0v) is 24.6. The van der Waals surface area contributed by atoms with Crippen molar-refractivity contribution >= 4 is 11.8 Å². The van der Waals surface area contributed by atoms with Crippen LogP contribution in [0.3, 0.4) is 0 Å². The van der Waals surface area contributed by atoms with Gasteiger partial charge in [0.05, 0.1) is 6.10 Å². The van der Waals surface area contributed by atoms with E-state index < -0.39 is 0 Å². The van der Waals surface area contributed by atoms with Crippen LogP contribution in [-0.4, -0.2) is 108 Å². The van der Waals surface area contributed by atoms with E-state index in [9.17, 15) is 14.7 Å². The van der Waals surface area contributed by atoms with E-state index in [1.165, 1.54) is 19.3 Å². The third kappa shape index (κ3) is 12.0. The van der Waals surface area contributed by atoms with Crippen LogP contribution >= 0.6 is 0 Å². The molecule has 0 saturated carbocycles. The number of aliphatic hydroxyl groups is 1. The maximum atomic E-state index is 13.1. The zero-order chi connectivity index (χ0) is 27.0. The number of carbonyl (C=O) groups excluding carboxylic acids is 2. The van der Waals surface area contributed by atoms with Crippen molar-refractivity contribution in [3.8, 4) is 0 Å². The minimum Gasteiger partial charge on any atom is -0.393 e. The van der Waals surface area contributed by atoms with E-state index in [1.807, 2.05) is 4.90 Å². The lowest BCUT2D eigenvalue weighted by molar-refractivity contribution is -0.135. The number of unbranched alkanes of at least 4 members (excludes halogenated alkanes) is 5. The maximum Gasteiger partial charge on any atom is 0.224 e. The van der Waals surface area contributed by atoms with Gasteiger partial charge in [-0.25, -0.2) is 0 Å². The first-order valence-corrected chi connectivity index (χ1v) is 15.5. The molecule has 0 aromatic rings. The van der Waals surface area contributed by atoms with Crippen LogP contribution in [0.2, 0.25) is 0 Å². The molecule has 0 spiro atoms. The second-order valence-electron chi connectivity index (χ2n) is 11.7. The minimum absolute atomic E-state index is 0.119. The van der Waals surface area contributed by atoms with E-state index in [4.69, 9.17) is 0 Å². The molecule has 0 aromatic heterocycles. The molecule has 2 fully saturated rings. The van der Waals surface area contributed by atoms with Crippen LogP contribution in [0.4, 0.5) is 0 Å². The van der Waals surface area contributed by atoms with Gasteiger partial charge in [-0.1, -0.05) is 52.4 Å². The number of amides is 2. The Kier molecular flexibility index (Phi) is 15.7. The van der Waals surface area contributed by atoms with Gasteiger partial charge in [-0.2, -0.15) is 0 Å². The number of nitrogens with zero attached hydrogens (tertiary/aromatic N) is 4. The number of hydrogen-bond donors (Lipinski definition) is 1. The third-order valence-corrected chi connectivity index (χ3v) is 8.58. The third-order valence-electron chi connectivity index (χ3n) is 8.58. The molecule has 0 aliphatic carbocycles. The Hall–Kier alpha value is -1.18. The molecule has 2 saturated heterocycles. The molecule has 7 heteroatoms. The number of rotatable bonds is 15. The fourth-order valence-electron chi connectivity index (χ4n) is 5.97. The SMILES string of the molecule is CCCCC[C@H](O)C[C@H]1CC(=O)N(CCCCN2CCCN(C)[C@@H](CCCCC)CC2=O)CCCN1C. The molecular formula is C30H58N4O3. The summed E-state index contributed by atoms with van der Waals surface area (Å²) in [6, 6.07) is 0.491. The van der Waals surface area contributed by atoms with Crippen LogP contribution in [0.15, 0.2) is 0 Å². The van der Waals surface area contributed by atoms with E-state index in [1.54, 1.807) is 0 Å². The second kappa shape index (κ2) is 18.2. The molecule has 2 aliphatic rings. The first kappa shape index (κ1) is 32.0. The van der Waals surface area contributed by atoms with Gasteiger partial charge in [-0.3, -0.25) is 9.59 Å². The fraction of sp³-hybridized carbons (Fsp3) is 0.933. The standard InChI is InChI=1S/C30H58N4O3/c1-5-7-9-15-26-24-29(36)33(21-13-17-31(26)3)19-11-12-20-34-22-14-18-32(4)27(25-30(34)37)23-28(35)16-10-8-6-2/h26-28,35H,5-25H2,1-4H3/t26-,27-,28-/m0/s1. The van der Waals surface area contributed by atoms with Crippen LogP contribution in [0.25, 0.3) is 0 Å². The van der Waals surface area contributed by atoms with Gasteiger partial charge in [-0.15, -0.1) is 0 Å². The highest BCUT2D eigenvalue weighted by molar-refractivity contribution is 5.77. The van der Waals surface area contributed by atoms with Gasteiger partial charge in [0.2, 0.25) is 11.8 Å². The fourth-order valence-corrected chi connectivity index (χ4v) is 5.97. The van der Waals surface area contributed by atoms with Gasteiger partial charge < -0.3 is 24.7 Å².